The molecule has 0 saturated carbocycles. The zero-order valence-corrected chi connectivity index (χ0v) is 24.6. The second-order valence-electron chi connectivity index (χ2n) is 9.18. The number of barbiturate groups is 1. The summed E-state index contributed by atoms with van der Waals surface area (Å²) in [6.07, 6.45) is 1.35. The summed E-state index contributed by atoms with van der Waals surface area (Å²) >= 11 is 9.92. The van der Waals surface area contributed by atoms with Gasteiger partial charge in [0.25, 0.3) is 11.8 Å². The molecule has 0 unspecified atom stereocenters. The fourth-order valence-electron chi connectivity index (χ4n) is 4.19. The Morgan fingerprint density at radius 3 is 2.21 bits per heavy atom. The Hall–Kier alpha value is -4.60. The molecule has 4 aromatic carbocycles. The fourth-order valence-corrected chi connectivity index (χ4v) is 4.73. The van der Waals surface area contributed by atoms with Crippen LogP contribution in [0.2, 0.25) is 5.02 Å². The third-order valence-corrected chi connectivity index (χ3v) is 7.11. The highest BCUT2D eigenvalue weighted by Crippen LogP contribution is 2.38. The third kappa shape index (κ3) is 6.64. The van der Waals surface area contributed by atoms with Crippen molar-refractivity contribution >= 4 is 57.1 Å². The first-order chi connectivity index (χ1) is 20.3. The van der Waals surface area contributed by atoms with Crippen molar-refractivity contribution in [2.75, 3.05) is 12.0 Å². The number of nitrogens with one attached hydrogen (secondary N) is 1. The number of methoxy groups -OCH3 is 1. The summed E-state index contributed by atoms with van der Waals surface area (Å²) < 4.78 is 18.1. The highest BCUT2D eigenvalue weighted by atomic mass is 79.9. The Balaban J connectivity index is 1.34. The van der Waals surface area contributed by atoms with Crippen LogP contribution in [0.3, 0.4) is 0 Å². The first kappa shape index (κ1) is 28.9. The summed E-state index contributed by atoms with van der Waals surface area (Å²) in [5, 5.41) is 2.45. The highest BCUT2D eigenvalue weighted by molar-refractivity contribution is 9.10. The Kier molecular flexibility index (Phi) is 8.90. The minimum absolute atomic E-state index is 0.223. The number of urea groups is 1. The number of ether oxygens (including phenoxy) is 3. The highest BCUT2D eigenvalue weighted by Gasteiger charge is 2.37. The van der Waals surface area contributed by atoms with E-state index in [4.69, 9.17) is 25.8 Å². The Morgan fingerprint density at radius 2 is 1.52 bits per heavy atom. The molecule has 212 valence electrons. The van der Waals surface area contributed by atoms with E-state index in [9.17, 15) is 14.4 Å². The molecular weight excluding hydrogens is 624 g/mol. The number of hydrogen-bond acceptors (Lipinski definition) is 6. The molecule has 0 spiro atoms. The van der Waals surface area contributed by atoms with Gasteiger partial charge in [-0.15, -0.1) is 0 Å². The zero-order chi connectivity index (χ0) is 29.6. The smallest absolute Gasteiger partial charge is 0.335 e. The molecule has 8 nitrogen and oxygen atoms in total. The van der Waals surface area contributed by atoms with E-state index in [0.717, 1.165) is 20.5 Å². The monoisotopic (exact) mass is 646 g/mol. The number of nitrogens with zero attached hydrogens (tertiary/aromatic N) is 1. The van der Waals surface area contributed by atoms with Gasteiger partial charge in [0, 0.05) is 4.47 Å². The van der Waals surface area contributed by atoms with Gasteiger partial charge in [-0.25, -0.2) is 9.69 Å². The molecule has 5 rings (SSSR count). The SMILES string of the molecule is COc1cc(/C=C2\C(=O)NC(=O)N(c3ccc(OCc4ccccc4)cc3)C2=O)cc(Cl)c1OCc1ccc(Br)cc1. The molecule has 1 fully saturated rings. The molecule has 1 saturated heterocycles. The third-order valence-electron chi connectivity index (χ3n) is 6.30. The summed E-state index contributed by atoms with van der Waals surface area (Å²) in [4.78, 5) is 39.7. The first-order valence-electron chi connectivity index (χ1n) is 12.8. The lowest BCUT2D eigenvalue weighted by Gasteiger charge is -2.26. The lowest BCUT2D eigenvalue weighted by Crippen LogP contribution is -2.54. The van der Waals surface area contributed by atoms with Crippen LogP contribution in [0, 0.1) is 0 Å². The zero-order valence-electron chi connectivity index (χ0n) is 22.3. The molecule has 0 bridgehead atoms. The largest absolute Gasteiger partial charge is 0.493 e. The topological polar surface area (TPSA) is 94.2 Å². The van der Waals surface area contributed by atoms with Gasteiger partial charge in [-0.1, -0.05) is 70.0 Å². The van der Waals surface area contributed by atoms with Crippen LogP contribution >= 0.6 is 27.5 Å². The van der Waals surface area contributed by atoms with E-state index in [1.165, 1.54) is 13.2 Å². The molecule has 1 aliphatic rings. The molecule has 0 atom stereocenters. The van der Waals surface area contributed by atoms with E-state index in [-0.39, 0.29) is 22.9 Å². The van der Waals surface area contributed by atoms with Crippen molar-refractivity contribution in [2.24, 2.45) is 0 Å². The molecule has 0 aliphatic carbocycles. The lowest BCUT2D eigenvalue weighted by atomic mass is 10.1. The number of rotatable bonds is 9. The lowest BCUT2D eigenvalue weighted by molar-refractivity contribution is -0.122. The van der Waals surface area contributed by atoms with Gasteiger partial charge in [-0.2, -0.15) is 0 Å². The van der Waals surface area contributed by atoms with E-state index in [0.29, 0.717) is 29.4 Å². The predicted octanol–water partition coefficient (Wildman–Crippen LogP) is 6.94. The Bertz CT molecular complexity index is 1660. The van der Waals surface area contributed by atoms with Gasteiger partial charge in [0.1, 0.15) is 24.5 Å². The number of carbonyl (C=O) groups is 3. The number of amides is 4. The van der Waals surface area contributed by atoms with Crippen LogP contribution in [0.25, 0.3) is 6.08 Å². The maximum absolute atomic E-state index is 13.4. The van der Waals surface area contributed by atoms with Gasteiger partial charge in [0.2, 0.25) is 0 Å². The standard InChI is InChI=1S/C32H24BrClN2O6/c1-40-28-17-22(16-27(34)29(28)42-19-21-7-9-23(33)10-8-21)15-26-30(37)35-32(39)36(31(26)38)24-11-13-25(14-12-24)41-18-20-5-3-2-4-6-20/h2-17H,18-19H2,1H3,(H,35,37,39)/b26-15+. The van der Waals surface area contributed by atoms with E-state index in [1.807, 2.05) is 54.6 Å². The number of benzene rings is 4. The van der Waals surface area contributed by atoms with E-state index >= 15 is 0 Å². The molecular formula is C32H24BrClN2O6. The number of anilines is 1. The van der Waals surface area contributed by atoms with Crippen LogP contribution < -0.4 is 24.4 Å². The second kappa shape index (κ2) is 12.9. The van der Waals surface area contributed by atoms with E-state index in [2.05, 4.69) is 21.2 Å². The maximum atomic E-state index is 13.4. The molecule has 4 amide bonds. The molecule has 1 heterocycles. The average molecular weight is 648 g/mol. The van der Waals surface area contributed by atoms with Gasteiger partial charge in [0.15, 0.2) is 11.5 Å². The van der Waals surface area contributed by atoms with E-state index < -0.39 is 17.8 Å². The van der Waals surface area contributed by atoms with Crippen molar-refractivity contribution in [3.63, 3.8) is 0 Å². The summed E-state index contributed by atoms with van der Waals surface area (Å²) in [5.41, 5.74) is 2.36. The summed E-state index contributed by atoms with van der Waals surface area (Å²) in [5.74, 6) is -0.422. The van der Waals surface area contributed by atoms with Crippen LogP contribution in [0.1, 0.15) is 16.7 Å². The number of halogens is 2. The molecule has 0 radical (unpaired) electrons. The van der Waals surface area contributed by atoms with Crippen molar-refractivity contribution in [3.05, 3.63) is 123 Å². The number of carbonyl (C=O) groups excluding carboxylic acids is 3. The van der Waals surface area contributed by atoms with Crippen LogP contribution in [0.5, 0.6) is 17.2 Å². The van der Waals surface area contributed by atoms with Crippen molar-refractivity contribution in [3.8, 4) is 17.2 Å². The summed E-state index contributed by atoms with van der Waals surface area (Å²) in [6, 6.07) is 26.0. The van der Waals surface area contributed by atoms with Crippen LogP contribution in [0.4, 0.5) is 10.5 Å². The van der Waals surface area contributed by atoms with Crippen LogP contribution in [0.15, 0.2) is 101 Å². The van der Waals surface area contributed by atoms with Crippen molar-refractivity contribution in [2.45, 2.75) is 13.2 Å². The molecule has 1 N–H and O–H groups in total. The van der Waals surface area contributed by atoms with Gasteiger partial charge >= 0.3 is 6.03 Å². The average Bonchev–Trinajstić information content (AvgIpc) is 2.99. The summed E-state index contributed by atoms with van der Waals surface area (Å²) in [6.45, 7) is 0.614. The molecule has 0 aromatic heterocycles. The van der Waals surface area contributed by atoms with Crippen molar-refractivity contribution in [1.29, 1.82) is 0 Å². The number of hydrogen-bond donors (Lipinski definition) is 1. The van der Waals surface area contributed by atoms with Crippen molar-refractivity contribution in [1.82, 2.24) is 5.32 Å². The fraction of sp³-hybridized carbons (Fsp3) is 0.0938. The van der Waals surface area contributed by atoms with Gasteiger partial charge in [0.05, 0.1) is 17.8 Å². The van der Waals surface area contributed by atoms with Gasteiger partial charge in [-0.3, -0.25) is 14.9 Å². The summed E-state index contributed by atoms with van der Waals surface area (Å²) in [7, 11) is 1.46. The molecule has 1 aliphatic heterocycles. The molecule has 10 heteroatoms. The molecule has 42 heavy (non-hydrogen) atoms. The minimum atomic E-state index is -0.854. The second-order valence-corrected chi connectivity index (χ2v) is 10.5. The van der Waals surface area contributed by atoms with Gasteiger partial charge < -0.3 is 14.2 Å². The minimum Gasteiger partial charge on any atom is -0.493 e. The Morgan fingerprint density at radius 1 is 0.857 bits per heavy atom. The van der Waals surface area contributed by atoms with E-state index in [1.54, 1.807) is 36.4 Å². The van der Waals surface area contributed by atoms with Crippen molar-refractivity contribution < 1.29 is 28.6 Å². The number of imide groups is 2. The predicted molar refractivity (Wildman–Crippen MR) is 163 cm³/mol. The van der Waals surface area contributed by atoms with Crippen LogP contribution in [-0.4, -0.2) is 25.0 Å². The Labute approximate surface area is 255 Å². The van der Waals surface area contributed by atoms with Gasteiger partial charge in [-0.05, 0) is 71.3 Å². The maximum Gasteiger partial charge on any atom is 0.335 e. The quantitative estimate of drug-likeness (QED) is 0.156. The van der Waals surface area contributed by atoms with Crippen LogP contribution in [-0.2, 0) is 22.8 Å². The normalized spacial score (nSPS) is 14.1. The first-order valence-corrected chi connectivity index (χ1v) is 13.9. The molecule has 4 aromatic rings.